The molecule has 0 aliphatic carbocycles. The number of carbonyl (C=O) groups is 2. The van der Waals surface area contributed by atoms with Crippen LogP contribution in [0.15, 0.2) is 60.3 Å². The number of hydrogen-bond acceptors (Lipinski definition) is 5. The minimum absolute atomic E-state index is 0.0457. The third kappa shape index (κ3) is 4.85. The molecule has 0 aliphatic rings. The van der Waals surface area contributed by atoms with Crippen molar-refractivity contribution in [3.63, 3.8) is 0 Å². The van der Waals surface area contributed by atoms with Crippen molar-refractivity contribution in [2.75, 3.05) is 29.6 Å². The number of amides is 1. The number of nitrogens with zero attached hydrogens (tertiary/aromatic N) is 2. The summed E-state index contributed by atoms with van der Waals surface area (Å²) in [5.41, 5.74) is 1.96. The molecule has 132 valence electrons. The fourth-order valence-electron chi connectivity index (χ4n) is 2.09. The maximum atomic E-state index is 12.2. The van der Waals surface area contributed by atoms with Gasteiger partial charge in [0.1, 0.15) is 11.6 Å². The van der Waals surface area contributed by atoms with Gasteiger partial charge in [-0.25, -0.2) is 4.79 Å². The van der Waals surface area contributed by atoms with E-state index < -0.39 is 11.9 Å². The highest BCUT2D eigenvalue weighted by atomic mass is 16.4. The molecule has 2 aromatic carbocycles. The Balaban J connectivity index is 2.08. The van der Waals surface area contributed by atoms with Crippen molar-refractivity contribution in [1.82, 2.24) is 0 Å². The van der Waals surface area contributed by atoms with Crippen molar-refractivity contribution in [2.24, 2.45) is 0 Å². The molecule has 0 saturated heterocycles. The fraction of sp³-hybridized carbons (Fsp3) is 0.105. The molecule has 0 atom stereocenters. The molecule has 0 spiro atoms. The Labute approximate surface area is 151 Å². The van der Waals surface area contributed by atoms with Crippen molar-refractivity contribution in [3.05, 3.63) is 65.9 Å². The van der Waals surface area contributed by atoms with Crippen molar-refractivity contribution < 1.29 is 14.7 Å². The smallest absolute Gasteiger partial charge is 0.335 e. The fourth-order valence-corrected chi connectivity index (χ4v) is 2.09. The van der Waals surface area contributed by atoms with Gasteiger partial charge in [0.05, 0.1) is 5.56 Å². The van der Waals surface area contributed by atoms with E-state index in [1.807, 2.05) is 49.3 Å². The summed E-state index contributed by atoms with van der Waals surface area (Å²) in [6.07, 6.45) is 1.31. The number of anilines is 3. The van der Waals surface area contributed by atoms with E-state index in [4.69, 9.17) is 5.11 Å². The molecule has 2 aromatic rings. The zero-order valence-electron chi connectivity index (χ0n) is 14.4. The second-order valence-electron chi connectivity index (χ2n) is 5.60. The predicted molar refractivity (Wildman–Crippen MR) is 100 cm³/mol. The maximum Gasteiger partial charge on any atom is 0.335 e. The number of rotatable bonds is 6. The Kier molecular flexibility index (Phi) is 5.96. The summed E-state index contributed by atoms with van der Waals surface area (Å²) in [4.78, 5) is 25.1. The van der Waals surface area contributed by atoms with Crippen molar-refractivity contribution >= 4 is 28.9 Å². The highest BCUT2D eigenvalue weighted by Crippen LogP contribution is 2.16. The van der Waals surface area contributed by atoms with Gasteiger partial charge in [-0.15, -0.1) is 0 Å². The van der Waals surface area contributed by atoms with Gasteiger partial charge in [-0.05, 0) is 42.5 Å². The summed E-state index contributed by atoms with van der Waals surface area (Å²) >= 11 is 0. The minimum atomic E-state index is -1.10. The molecule has 2 rings (SSSR count). The number of nitrogens with one attached hydrogen (secondary N) is 2. The summed E-state index contributed by atoms with van der Waals surface area (Å²) in [6.45, 7) is 0. The van der Waals surface area contributed by atoms with Crippen LogP contribution in [0.1, 0.15) is 10.4 Å². The van der Waals surface area contributed by atoms with Crippen LogP contribution in [0.5, 0.6) is 0 Å². The van der Waals surface area contributed by atoms with Gasteiger partial charge in [-0.1, -0.05) is 6.07 Å². The second-order valence-corrected chi connectivity index (χ2v) is 5.60. The third-order valence-corrected chi connectivity index (χ3v) is 3.50. The molecule has 0 aliphatic heterocycles. The van der Waals surface area contributed by atoms with Gasteiger partial charge in [0.15, 0.2) is 0 Å². The molecule has 0 fully saturated rings. The van der Waals surface area contributed by atoms with Gasteiger partial charge in [0.25, 0.3) is 5.91 Å². The molecule has 0 unspecified atom stereocenters. The van der Waals surface area contributed by atoms with Crippen LogP contribution < -0.4 is 15.5 Å². The van der Waals surface area contributed by atoms with Gasteiger partial charge in [0, 0.05) is 37.4 Å². The molecule has 0 saturated carbocycles. The van der Waals surface area contributed by atoms with Crippen LogP contribution in [-0.2, 0) is 4.79 Å². The molecule has 26 heavy (non-hydrogen) atoms. The number of hydrogen-bond donors (Lipinski definition) is 3. The molecule has 0 heterocycles. The van der Waals surface area contributed by atoms with Gasteiger partial charge in [-0.2, -0.15) is 5.26 Å². The lowest BCUT2D eigenvalue weighted by atomic mass is 10.2. The van der Waals surface area contributed by atoms with Crippen molar-refractivity contribution in [3.8, 4) is 6.07 Å². The molecular formula is C19H18N4O3. The Morgan fingerprint density at radius 3 is 2.38 bits per heavy atom. The highest BCUT2D eigenvalue weighted by molar-refractivity contribution is 6.07. The monoisotopic (exact) mass is 350 g/mol. The average Bonchev–Trinajstić information content (AvgIpc) is 2.62. The lowest BCUT2D eigenvalue weighted by Gasteiger charge is -2.12. The normalized spacial score (nSPS) is 10.6. The lowest BCUT2D eigenvalue weighted by molar-refractivity contribution is -0.112. The van der Waals surface area contributed by atoms with Crippen LogP contribution in [0.4, 0.5) is 17.1 Å². The minimum Gasteiger partial charge on any atom is -0.478 e. The standard InChI is InChI=1S/C19H18N4O3/c1-23(2)17-8-6-15(7-9-17)21-12-14(11-20)18(24)22-16-5-3-4-13(10-16)19(25)26/h3-10,12,21H,1-2H3,(H,22,24)(H,25,26)/b14-12-. The Morgan fingerprint density at radius 1 is 1.12 bits per heavy atom. The number of carbonyl (C=O) groups excluding carboxylic acids is 1. The first-order chi connectivity index (χ1) is 12.4. The van der Waals surface area contributed by atoms with E-state index in [1.54, 1.807) is 6.07 Å². The molecule has 0 radical (unpaired) electrons. The number of carboxylic acid groups (broad SMARTS) is 1. The Hall–Kier alpha value is -3.79. The van der Waals surface area contributed by atoms with Crippen LogP contribution in [0, 0.1) is 11.3 Å². The van der Waals surface area contributed by atoms with Crippen molar-refractivity contribution in [1.29, 1.82) is 5.26 Å². The molecule has 1 amide bonds. The summed E-state index contributed by atoms with van der Waals surface area (Å²) < 4.78 is 0. The summed E-state index contributed by atoms with van der Waals surface area (Å²) in [7, 11) is 3.86. The topological polar surface area (TPSA) is 105 Å². The molecule has 0 aromatic heterocycles. The maximum absolute atomic E-state index is 12.2. The number of aromatic carboxylic acids is 1. The van der Waals surface area contributed by atoms with Gasteiger partial charge in [0.2, 0.25) is 0 Å². The van der Waals surface area contributed by atoms with Crippen LogP contribution in [-0.4, -0.2) is 31.1 Å². The number of nitriles is 1. The summed E-state index contributed by atoms with van der Waals surface area (Å²) in [5, 5.41) is 23.6. The Bertz CT molecular complexity index is 880. The van der Waals surface area contributed by atoms with Gasteiger partial charge in [-0.3, -0.25) is 4.79 Å². The van der Waals surface area contributed by atoms with E-state index in [1.165, 1.54) is 24.4 Å². The van der Waals surface area contributed by atoms with E-state index in [0.29, 0.717) is 5.69 Å². The molecule has 3 N–H and O–H groups in total. The summed E-state index contributed by atoms with van der Waals surface area (Å²) in [6, 6.07) is 15.1. The van der Waals surface area contributed by atoms with Crippen LogP contribution in [0.2, 0.25) is 0 Å². The average molecular weight is 350 g/mol. The lowest BCUT2D eigenvalue weighted by Crippen LogP contribution is -2.15. The first-order valence-corrected chi connectivity index (χ1v) is 7.69. The number of benzene rings is 2. The highest BCUT2D eigenvalue weighted by Gasteiger charge is 2.11. The van der Waals surface area contributed by atoms with Crippen molar-refractivity contribution in [2.45, 2.75) is 0 Å². The molecule has 0 bridgehead atoms. The van der Waals surface area contributed by atoms with Crippen LogP contribution in [0.25, 0.3) is 0 Å². The van der Waals surface area contributed by atoms with Crippen LogP contribution in [0.3, 0.4) is 0 Å². The van der Waals surface area contributed by atoms with Gasteiger partial charge < -0.3 is 20.6 Å². The molecular weight excluding hydrogens is 332 g/mol. The first kappa shape index (κ1) is 18.5. The van der Waals surface area contributed by atoms with E-state index >= 15 is 0 Å². The quantitative estimate of drug-likeness (QED) is 0.546. The zero-order chi connectivity index (χ0) is 19.1. The van der Waals surface area contributed by atoms with E-state index in [-0.39, 0.29) is 11.1 Å². The van der Waals surface area contributed by atoms with E-state index in [0.717, 1.165) is 11.4 Å². The van der Waals surface area contributed by atoms with E-state index in [2.05, 4.69) is 10.6 Å². The second kappa shape index (κ2) is 8.35. The number of carboxylic acids is 1. The largest absolute Gasteiger partial charge is 0.478 e. The molecule has 7 heteroatoms. The predicted octanol–water partition coefficient (Wildman–Crippen LogP) is 2.91. The Morgan fingerprint density at radius 2 is 1.81 bits per heavy atom. The molecule has 7 nitrogen and oxygen atoms in total. The zero-order valence-corrected chi connectivity index (χ0v) is 14.4. The van der Waals surface area contributed by atoms with Gasteiger partial charge >= 0.3 is 5.97 Å². The SMILES string of the molecule is CN(C)c1ccc(N/C=C(/C#N)C(=O)Nc2cccc(C(=O)O)c2)cc1. The van der Waals surface area contributed by atoms with E-state index in [9.17, 15) is 14.9 Å². The first-order valence-electron chi connectivity index (χ1n) is 7.69. The summed E-state index contributed by atoms with van der Waals surface area (Å²) in [5.74, 6) is -1.73. The third-order valence-electron chi connectivity index (χ3n) is 3.50. The van der Waals surface area contributed by atoms with Crippen LogP contribution >= 0.6 is 0 Å².